The number of carbonyl (C=O) groups excluding carboxylic acids is 2. The molecule has 2 aromatic carbocycles. The van der Waals surface area contributed by atoms with Crippen LogP contribution in [0.4, 0.5) is 5.69 Å². The van der Waals surface area contributed by atoms with Gasteiger partial charge in [0.05, 0.1) is 6.26 Å². The van der Waals surface area contributed by atoms with Crippen molar-refractivity contribution >= 4 is 17.5 Å². The summed E-state index contributed by atoms with van der Waals surface area (Å²) in [6.07, 6.45) is 3.25. The van der Waals surface area contributed by atoms with E-state index in [4.69, 9.17) is 4.42 Å². The smallest absolute Gasteiger partial charge is 0.309 e. The molecule has 0 fully saturated rings. The number of furan rings is 1. The highest BCUT2D eigenvalue weighted by atomic mass is 16.3. The molecule has 1 aromatic heterocycles. The third-order valence-corrected chi connectivity index (χ3v) is 5.38. The van der Waals surface area contributed by atoms with Crippen molar-refractivity contribution in [2.75, 3.05) is 24.5 Å². The fourth-order valence-electron chi connectivity index (χ4n) is 3.85. The molecule has 0 spiro atoms. The number of nitrogens with one attached hydrogen (secondary N) is 2. The van der Waals surface area contributed by atoms with Gasteiger partial charge >= 0.3 is 11.8 Å². The summed E-state index contributed by atoms with van der Waals surface area (Å²) < 4.78 is 5.64. The van der Waals surface area contributed by atoms with E-state index in [-0.39, 0.29) is 12.6 Å². The summed E-state index contributed by atoms with van der Waals surface area (Å²) in [5, 5.41) is 5.46. The van der Waals surface area contributed by atoms with Gasteiger partial charge in [0, 0.05) is 25.3 Å². The fraction of sp³-hybridized carbons (Fsp3) is 0.250. The van der Waals surface area contributed by atoms with Gasteiger partial charge in [-0.3, -0.25) is 9.59 Å². The third-order valence-electron chi connectivity index (χ3n) is 5.38. The average molecular weight is 403 g/mol. The molecule has 1 aliphatic heterocycles. The number of anilines is 1. The summed E-state index contributed by atoms with van der Waals surface area (Å²) in [6, 6.07) is 21.6. The van der Waals surface area contributed by atoms with Gasteiger partial charge in [0.15, 0.2) is 0 Å². The Morgan fingerprint density at radius 3 is 2.50 bits per heavy atom. The molecular weight excluding hydrogens is 378 g/mol. The molecule has 2 heterocycles. The van der Waals surface area contributed by atoms with Crippen LogP contribution in [0.2, 0.25) is 0 Å². The highest BCUT2D eigenvalue weighted by Crippen LogP contribution is 2.34. The minimum absolute atomic E-state index is 0.176. The molecule has 2 amide bonds. The van der Waals surface area contributed by atoms with E-state index in [0.717, 1.165) is 30.0 Å². The van der Waals surface area contributed by atoms with Crippen LogP contribution >= 0.6 is 0 Å². The highest BCUT2D eigenvalue weighted by molar-refractivity contribution is 6.35. The van der Waals surface area contributed by atoms with Crippen LogP contribution in [0.5, 0.6) is 0 Å². The quantitative estimate of drug-likeness (QED) is 0.595. The van der Waals surface area contributed by atoms with Gasteiger partial charge in [-0.15, -0.1) is 0 Å². The van der Waals surface area contributed by atoms with Gasteiger partial charge < -0.3 is 20.0 Å². The molecule has 0 radical (unpaired) electrons. The number of fused-ring (bicyclic) bond motifs is 1. The van der Waals surface area contributed by atoms with E-state index in [1.165, 1.54) is 5.56 Å². The maximum atomic E-state index is 12.3. The van der Waals surface area contributed by atoms with E-state index >= 15 is 0 Å². The van der Waals surface area contributed by atoms with E-state index < -0.39 is 11.8 Å². The molecule has 0 aliphatic carbocycles. The fourth-order valence-corrected chi connectivity index (χ4v) is 3.85. The largest absolute Gasteiger partial charge is 0.467 e. The summed E-state index contributed by atoms with van der Waals surface area (Å²) >= 11 is 0. The predicted octanol–water partition coefficient (Wildman–Crippen LogP) is 2.86. The summed E-state index contributed by atoms with van der Waals surface area (Å²) in [7, 11) is 0. The lowest BCUT2D eigenvalue weighted by Crippen LogP contribution is -2.44. The lowest BCUT2D eigenvalue weighted by Gasteiger charge is -2.29. The number of hydrogen-bond acceptors (Lipinski definition) is 4. The second kappa shape index (κ2) is 9.31. The first kappa shape index (κ1) is 19.8. The minimum Gasteiger partial charge on any atom is -0.467 e. The van der Waals surface area contributed by atoms with Gasteiger partial charge in [0.1, 0.15) is 11.8 Å². The Morgan fingerprint density at radius 1 is 0.933 bits per heavy atom. The Bertz CT molecular complexity index is 986. The molecule has 0 unspecified atom stereocenters. The van der Waals surface area contributed by atoms with Crippen LogP contribution in [0.25, 0.3) is 0 Å². The van der Waals surface area contributed by atoms with Crippen molar-refractivity contribution in [1.29, 1.82) is 0 Å². The normalized spacial score (nSPS) is 13.5. The van der Waals surface area contributed by atoms with Crippen LogP contribution < -0.4 is 15.5 Å². The van der Waals surface area contributed by atoms with E-state index in [1.54, 1.807) is 6.26 Å². The van der Waals surface area contributed by atoms with Crippen LogP contribution in [-0.2, 0) is 22.4 Å². The van der Waals surface area contributed by atoms with E-state index in [2.05, 4.69) is 27.7 Å². The zero-order valence-corrected chi connectivity index (χ0v) is 16.7. The summed E-state index contributed by atoms with van der Waals surface area (Å²) in [4.78, 5) is 26.8. The Kier molecular flexibility index (Phi) is 6.13. The molecular formula is C24H25N3O3. The Hall–Kier alpha value is -3.54. The Labute approximate surface area is 175 Å². The van der Waals surface area contributed by atoms with Crippen molar-refractivity contribution < 1.29 is 14.0 Å². The van der Waals surface area contributed by atoms with E-state index in [1.807, 2.05) is 54.6 Å². The number of para-hydroxylation sites is 1. The number of amides is 2. The molecule has 6 heteroatoms. The monoisotopic (exact) mass is 403 g/mol. The topological polar surface area (TPSA) is 74.6 Å². The first-order valence-corrected chi connectivity index (χ1v) is 10.2. The van der Waals surface area contributed by atoms with Gasteiger partial charge in [-0.05, 0) is 42.2 Å². The van der Waals surface area contributed by atoms with Gasteiger partial charge in [-0.2, -0.15) is 0 Å². The Morgan fingerprint density at radius 2 is 1.70 bits per heavy atom. The number of benzene rings is 2. The molecule has 0 saturated heterocycles. The average Bonchev–Trinajstić information content (AvgIpc) is 3.45. The molecule has 3 aromatic rings. The van der Waals surface area contributed by atoms with E-state index in [9.17, 15) is 9.59 Å². The first-order chi connectivity index (χ1) is 14.7. The lowest BCUT2D eigenvalue weighted by molar-refractivity contribution is -0.139. The second-order valence-electron chi connectivity index (χ2n) is 7.30. The van der Waals surface area contributed by atoms with Crippen molar-refractivity contribution in [2.45, 2.75) is 18.9 Å². The zero-order chi connectivity index (χ0) is 20.8. The SMILES string of the molecule is O=C(NCCc1ccccc1)C(=O)NC[C@@H](c1ccco1)N1CCc2ccccc21. The van der Waals surface area contributed by atoms with Crippen molar-refractivity contribution in [1.82, 2.24) is 10.6 Å². The maximum absolute atomic E-state index is 12.3. The molecule has 0 bridgehead atoms. The number of hydrogen-bond donors (Lipinski definition) is 2. The summed E-state index contributed by atoms with van der Waals surface area (Å²) in [6.45, 7) is 1.54. The van der Waals surface area contributed by atoms with Crippen molar-refractivity contribution in [3.63, 3.8) is 0 Å². The second-order valence-corrected chi connectivity index (χ2v) is 7.30. The van der Waals surface area contributed by atoms with Crippen LogP contribution in [0.1, 0.15) is 22.9 Å². The summed E-state index contributed by atoms with van der Waals surface area (Å²) in [5.74, 6) is -0.491. The third kappa shape index (κ3) is 4.54. The maximum Gasteiger partial charge on any atom is 0.309 e. The molecule has 0 saturated carbocycles. The number of nitrogens with zero attached hydrogens (tertiary/aromatic N) is 1. The molecule has 1 aliphatic rings. The molecule has 2 N–H and O–H groups in total. The van der Waals surface area contributed by atoms with Crippen molar-refractivity contribution in [2.24, 2.45) is 0 Å². The molecule has 4 rings (SSSR count). The molecule has 30 heavy (non-hydrogen) atoms. The van der Waals surface area contributed by atoms with Crippen LogP contribution in [0.3, 0.4) is 0 Å². The van der Waals surface area contributed by atoms with Gasteiger partial charge in [0.2, 0.25) is 0 Å². The Balaban J connectivity index is 1.35. The van der Waals surface area contributed by atoms with Gasteiger partial charge in [0.25, 0.3) is 0 Å². The standard InChI is InChI=1S/C24H25N3O3/c28-23(25-14-12-18-7-2-1-3-8-18)24(29)26-17-21(22-11-6-16-30-22)27-15-13-19-9-4-5-10-20(19)27/h1-11,16,21H,12-15,17H2,(H,25,28)(H,26,29)/t21-/m0/s1. The number of rotatable bonds is 7. The predicted molar refractivity (Wildman–Crippen MR) is 115 cm³/mol. The number of carbonyl (C=O) groups is 2. The molecule has 6 nitrogen and oxygen atoms in total. The van der Waals surface area contributed by atoms with Crippen LogP contribution in [-0.4, -0.2) is 31.4 Å². The van der Waals surface area contributed by atoms with E-state index in [0.29, 0.717) is 13.0 Å². The van der Waals surface area contributed by atoms with Crippen LogP contribution in [0.15, 0.2) is 77.4 Å². The minimum atomic E-state index is -0.632. The summed E-state index contributed by atoms with van der Waals surface area (Å²) in [5.41, 5.74) is 3.53. The van der Waals surface area contributed by atoms with Crippen molar-refractivity contribution in [3.8, 4) is 0 Å². The molecule has 154 valence electrons. The lowest BCUT2D eigenvalue weighted by atomic mass is 10.1. The highest BCUT2D eigenvalue weighted by Gasteiger charge is 2.29. The first-order valence-electron chi connectivity index (χ1n) is 10.2. The van der Waals surface area contributed by atoms with Gasteiger partial charge in [-0.25, -0.2) is 0 Å². The van der Waals surface area contributed by atoms with Crippen LogP contribution in [0, 0.1) is 0 Å². The van der Waals surface area contributed by atoms with Gasteiger partial charge in [-0.1, -0.05) is 48.5 Å². The van der Waals surface area contributed by atoms with Crippen molar-refractivity contribution in [3.05, 3.63) is 89.9 Å². The molecule has 1 atom stereocenters. The zero-order valence-electron chi connectivity index (χ0n) is 16.7.